The van der Waals surface area contributed by atoms with Crippen molar-refractivity contribution < 1.29 is 14.3 Å². The Morgan fingerprint density at radius 2 is 2.10 bits per heavy atom. The summed E-state index contributed by atoms with van der Waals surface area (Å²) in [6, 6.07) is 7.25. The standard InChI is InChI=1S/C15H17ClN2O3/c1-3-8-17-14(19)10-18(11-15(20)21-2)9-12-6-4-5-7-13(12)16/h1,4-7H,8-11H2,2H3,(H,17,19). The molecule has 112 valence electrons. The van der Waals surface area contributed by atoms with Gasteiger partial charge < -0.3 is 10.1 Å². The van der Waals surface area contributed by atoms with Crippen LogP contribution in [0.15, 0.2) is 24.3 Å². The Kier molecular flexibility index (Phi) is 7.30. The van der Waals surface area contributed by atoms with E-state index in [0.717, 1.165) is 5.56 Å². The fourth-order valence-corrected chi connectivity index (χ4v) is 1.89. The van der Waals surface area contributed by atoms with Crippen LogP contribution >= 0.6 is 11.6 Å². The van der Waals surface area contributed by atoms with E-state index in [1.54, 1.807) is 11.0 Å². The predicted octanol–water partition coefficient (Wildman–Crippen LogP) is 1.06. The summed E-state index contributed by atoms with van der Waals surface area (Å²) in [7, 11) is 1.30. The molecule has 0 saturated carbocycles. The van der Waals surface area contributed by atoms with Crippen LogP contribution < -0.4 is 5.32 Å². The molecule has 0 aliphatic rings. The second kappa shape index (κ2) is 9.01. The van der Waals surface area contributed by atoms with Crippen LogP contribution in [0.2, 0.25) is 5.02 Å². The highest BCUT2D eigenvalue weighted by Crippen LogP contribution is 2.16. The summed E-state index contributed by atoms with van der Waals surface area (Å²) in [5.41, 5.74) is 0.827. The molecule has 0 heterocycles. The Bertz CT molecular complexity index is 540. The molecule has 0 radical (unpaired) electrons. The molecule has 6 heteroatoms. The molecule has 1 N–H and O–H groups in total. The zero-order valence-electron chi connectivity index (χ0n) is 11.8. The Hall–Kier alpha value is -2.03. The first-order chi connectivity index (χ1) is 10.1. The molecule has 0 aromatic heterocycles. The molecule has 1 aromatic carbocycles. The number of carbonyl (C=O) groups excluding carboxylic acids is 2. The molecule has 0 aliphatic heterocycles. The maximum atomic E-state index is 11.7. The van der Waals surface area contributed by atoms with Crippen molar-refractivity contribution >= 4 is 23.5 Å². The Morgan fingerprint density at radius 3 is 2.71 bits per heavy atom. The number of halogens is 1. The molecular formula is C15H17ClN2O3. The van der Waals surface area contributed by atoms with Crippen molar-refractivity contribution in [2.24, 2.45) is 0 Å². The highest BCUT2D eigenvalue weighted by atomic mass is 35.5. The fraction of sp³-hybridized carbons (Fsp3) is 0.333. The van der Waals surface area contributed by atoms with E-state index in [1.165, 1.54) is 7.11 Å². The van der Waals surface area contributed by atoms with Gasteiger partial charge in [0.25, 0.3) is 0 Å². The summed E-state index contributed by atoms with van der Waals surface area (Å²) in [6.07, 6.45) is 5.08. The van der Waals surface area contributed by atoms with Gasteiger partial charge in [-0.3, -0.25) is 14.5 Å². The third-order valence-corrected chi connectivity index (χ3v) is 3.06. The molecule has 0 aliphatic carbocycles. The lowest BCUT2D eigenvalue weighted by molar-refractivity contribution is -0.142. The molecule has 1 aromatic rings. The Labute approximate surface area is 129 Å². The van der Waals surface area contributed by atoms with Crippen LogP contribution in [0, 0.1) is 12.3 Å². The SMILES string of the molecule is C#CCNC(=O)CN(CC(=O)OC)Cc1ccccc1Cl. The number of amides is 1. The van der Waals surface area contributed by atoms with Gasteiger partial charge in [0, 0.05) is 11.6 Å². The lowest BCUT2D eigenvalue weighted by Gasteiger charge is -2.20. The van der Waals surface area contributed by atoms with Crippen molar-refractivity contribution in [3.8, 4) is 12.3 Å². The first-order valence-electron chi connectivity index (χ1n) is 6.29. The zero-order valence-corrected chi connectivity index (χ0v) is 12.5. The number of hydrogen-bond acceptors (Lipinski definition) is 4. The molecular weight excluding hydrogens is 292 g/mol. The minimum absolute atomic E-state index is 0.00873. The van der Waals surface area contributed by atoms with E-state index >= 15 is 0 Å². The minimum atomic E-state index is -0.424. The summed E-state index contributed by atoms with van der Waals surface area (Å²) in [6.45, 7) is 0.530. The van der Waals surface area contributed by atoms with Gasteiger partial charge in [-0.15, -0.1) is 6.42 Å². The largest absolute Gasteiger partial charge is 0.468 e. The van der Waals surface area contributed by atoms with E-state index in [9.17, 15) is 9.59 Å². The predicted molar refractivity (Wildman–Crippen MR) is 80.6 cm³/mol. The topological polar surface area (TPSA) is 58.6 Å². The maximum Gasteiger partial charge on any atom is 0.319 e. The fourth-order valence-electron chi connectivity index (χ4n) is 1.69. The van der Waals surface area contributed by atoms with E-state index < -0.39 is 5.97 Å². The van der Waals surface area contributed by atoms with Gasteiger partial charge >= 0.3 is 5.97 Å². The monoisotopic (exact) mass is 308 g/mol. The van der Waals surface area contributed by atoms with Gasteiger partial charge in [-0.2, -0.15) is 0 Å². The Balaban J connectivity index is 2.73. The van der Waals surface area contributed by atoms with Gasteiger partial charge in [0.15, 0.2) is 0 Å². The first kappa shape index (κ1) is 17.0. The smallest absolute Gasteiger partial charge is 0.319 e. The number of ether oxygens (including phenoxy) is 1. The maximum absolute atomic E-state index is 11.7. The summed E-state index contributed by atoms with van der Waals surface area (Å²) >= 11 is 6.09. The van der Waals surface area contributed by atoms with Crippen molar-refractivity contribution in [1.82, 2.24) is 10.2 Å². The quantitative estimate of drug-likeness (QED) is 0.604. The summed E-state index contributed by atoms with van der Waals surface area (Å²) in [4.78, 5) is 24.8. The van der Waals surface area contributed by atoms with Gasteiger partial charge in [0.2, 0.25) is 5.91 Å². The third-order valence-electron chi connectivity index (χ3n) is 2.69. The molecule has 5 nitrogen and oxygen atoms in total. The number of rotatable bonds is 7. The number of esters is 1. The van der Waals surface area contributed by atoms with Crippen molar-refractivity contribution in [3.63, 3.8) is 0 Å². The van der Waals surface area contributed by atoms with Gasteiger partial charge in [0.05, 0.1) is 26.7 Å². The van der Waals surface area contributed by atoms with Crippen molar-refractivity contribution in [3.05, 3.63) is 34.9 Å². The molecule has 0 spiro atoms. The summed E-state index contributed by atoms with van der Waals surface area (Å²) < 4.78 is 4.63. The second-order valence-corrected chi connectivity index (χ2v) is 4.70. The zero-order chi connectivity index (χ0) is 15.7. The molecule has 0 bridgehead atoms. The van der Waals surface area contributed by atoms with E-state index in [2.05, 4.69) is 16.0 Å². The van der Waals surface area contributed by atoms with E-state index in [-0.39, 0.29) is 25.5 Å². The van der Waals surface area contributed by atoms with Gasteiger partial charge in [0.1, 0.15) is 0 Å². The average Bonchev–Trinajstić information content (AvgIpc) is 2.47. The van der Waals surface area contributed by atoms with Crippen LogP contribution in [0.5, 0.6) is 0 Å². The Morgan fingerprint density at radius 1 is 1.38 bits per heavy atom. The van der Waals surface area contributed by atoms with Crippen LogP contribution in [-0.2, 0) is 20.9 Å². The van der Waals surface area contributed by atoms with Crippen molar-refractivity contribution in [1.29, 1.82) is 0 Å². The summed E-state index contributed by atoms with van der Waals surface area (Å²) in [5, 5.41) is 3.13. The molecule has 0 unspecified atom stereocenters. The molecule has 0 saturated heterocycles. The highest BCUT2D eigenvalue weighted by molar-refractivity contribution is 6.31. The normalized spacial score (nSPS) is 10.0. The second-order valence-electron chi connectivity index (χ2n) is 4.29. The lowest BCUT2D eigenvalue weighted by Crippen LogP contribution is -2.39. The molecule has 1 rings (SSSR count). The molecule has 1 amide bonds. The van der Waals surface area contributed by atoms with Crippen molar-refractivity contribution in [2.75, 3.05) is 26.7 Å². The number of nitrogens with zero attached hydrogens (tertiary/aromatic N) is 1. The minimum Gasteiger partial charge on any atom is -0.468 e. The van der Waals surface area contributed by atoms with Gasteiger partial charge in [-0.25, -0.2) is 0 Å². The number of methoxy groups -OCH3 is 1. The van der Waals surface area contributed by atoms with Crippen LogP contribution in [0.1, 0.15) is 5.56 Å². The van der Waals surface area contributed by atoms with E-state index in [0.29, 0.717) is 11.6 Å². The number of carbonyl (C=O) groups is 2. The highest BCUT2D eigenvalue weighted by Gasteiger charge is 2.16. The van der Waals surface area contributed by atoms with Gasteiger partial charge in [-0.1, -0.05) is 35.7 Å². The number of terminal acetylenes is 1. The van der Waals surface area contributed by atoms with Gasteiger partial charge in [-0.05, 0) is 11.6 Å². The number of hydrogen-bond donors (Lipinski definition) is 1. The van der Waals surface area contributed by atoms with E-state index in [4.69, 9.17) is 18.0 Å². The molecule has 21 heavy (non-hydrogen) atoms. The van der Waals surface area contributed by atoms with Crippen LogP contribution in [0.3, 0.4) is 0 Å². The van der Waals surface area contributed by atoms with Crippen LogP contribution in [0.4, 0.5) is 0 Å². The average molecular weight is 309 g/mol. The lowest BCUT2D eigenvalue weighted by atomic mass is 10.2. The third kappa shape index (κ3) is 6.30. The van der Waals surface area contributed by atoms with Crippen LogP contribution in [-0.4, -0.2) is 43.5 Å². The summed E-state index contributed by atoms with van der Waals surface area (Å²) in [5.74, 6) is 1.63. The number of benzene rings is 1. The first-order valence-corrected chi connectivity index (χ1v) is 6.67. The van der Waals surface area contributed by atoms with Crippen molar-refractivity contribution in [2.45, 2.75) is 6.54 Å². The molecule has 0 fully saturated rings. The van der Waals surface area contributed by atoms with E-state index in [1.807, 2.05) is 18.2 Å². The molecule has 0 atom stereocenters. The number of nitrogens with one attached hydrogen (secondary N) is 1. The van der Waals surface area contributed by atoms with Crippen LogP contribution in [0.25, 0.3) is 0 Å².